The summed E-state index contributed by atoms with van der Waals surface area (Å²) >= 11 is 0. The zero-order chi connectivity index (χ0) is 25.5. The van der Waals surface area contributed by atoms with Gasteiger partial charge in [0.15, 0.2) is 17.3 Å². The molecule has 36 heavy (non-hydrogen) atoms. The average molecular weight is 495 g/mol. The molecule has 0 saturated carbocycles. The van der Waals surface area contributed by atoms with Crippen molar-refractivity contribution in [1.29, 1.82) is 5.26 Å². The van der Waals surface area contributed by atoms with Crippen molar-refractivity contribution in [1.82, 2.24) is 15.4 Å². The number of Topliss-reactive ketones (excluding diaryl/α,β-unsaturated/α-hetero) is 1. The number of benzene rings is 1. The van der Waals surface area contributed by atoms with E-state index in [1.54, 1.807) is 17.9 Å². The van der Waals surface area contributed by atoms with Gasteiger partial charge in [0.05, 0.1) is 47.7 Å². The molecular formula is C24H22FN5O6. The largest absolute Gasteiger partial charge is 0.372 e. The van der Waals surface area contributed by atoms with E-state index < -0.39 is 53.3 Å². The fourth-order valence-electron chi connectivity index (χ4n) is 6.18. The first-order chi connectivity index (χ1) is 17.1. The molecule has 5 heterocycles. The van der Waals surface area contributed by atoms with Gasteiger partial charge in [-0.05, 0) is 31.9 Å². The number of hydrogen-bond acceptors (Lipinski definition) is 9. The van der Waals surface area contributed by atoms with Crippen LogP contribution in [-0.2, 0) is 25.5 Å². The third-order valence-corrected chi connectivity index (χ3v) is 7.73. The Balaban J connectivity index is 1.52. The maximum atomic E-state index is 16.1. The fraction of sp³-hybridized carbons (Fsp3) is 0.500. The highest BCUT2D eigenvalue weighted by molar-refractivity contribution is 6.22. The van der Waals surface area contributed by atoms with Gasteiger partial charge in [-0.1, -0.05) is 5.16 Å². The van der Waals surface area contributed by atoms with Crippen LogP contribution in [0, 0.1) is 28.5 Å². The number of halogens is 1. The predicted molar refractivity (Wildman–Crippen MR) is 119 cm³/mol. The number of fused-ring (bicyclic) bond motifs is 5. The Morgan fingerprint density at radius 1 is 1.28 bits per heavy atom. The summed E-state index contributed by atoms with van der Waals surface area (Å²) < 4.78 is 27.3. The van der Waals surface area contributed by atoms with E-state index in [-0.39, 0.29) is 60.4 Å². The lowest BCUT2D eigenvalue weighted by Crippen LogP contribution is -2.72. The van der Waals surface area contributed by atoms with Crippen molar-refractivity contribution in [2.45, 2.75) is 44.9 Å². The first kappa shape index (κ1) is 22.6. The van der Waals surface area contributed by atoms with Crippen LogP contribution in [0.5, 0.6) is 0 Å². The number of anilines is 1. The highest BCUT2D eigenvalue weighted by Crippen LogP contribution is 2.50. The molecule has 3 fully saturated rings. The van der Waals surface area contributed by atoms with Crippen molar-refractivity contribution < 1.29 is 32.8 Å². The van der Waals surface area contributed by atoms with Gasteiger partial charge < -0.3 is 19.1 Å². The van der Waals surface area contributed by atoms with E-state index in [4.69, 9.17) is 14.5 Å². The molecule has 1 spiro atoms. The Morgan fingerprint density at radius 3 is 2.72 bits per heavy atom. The molecular weight excluding hydrogens is 473 g/mol. The van der Waals surface area contributed by atoms with Gasteiger partial charge in [-0.3, -0.25) is 24.5 Å². The number of piperidine rings is 1. The maximum absolute atomic E-state index is 16.1. The van der Waals surface area contributed by atoms with E-state index in [2.05, 4.69) is 16.5 Å². The lowest BCUT2D eigenvalue weighted by atomic mass is 9.63. The molecule has 12 heteroatoms. The van der Waals surface area contributed by atoms with Crippen LogP contribution in [0.1, 0.15) is 36.3 Å². The Labute approximate surface area is 204 Å². The smallest absolute Gasteiger partial charge is 0.276 e. The lowest BCUT2D eigenvalue weighted by molar-refractivity contribution is -0.158. The van der Waals surface area contributed by atoms with Crippen LogP contribution in [0.3, 0.4) is 0 Å². The number of likely N-dealkylation sites (tertiary alicyclic amines) is 1. The second-order valence-corrected chi connectivity index (χ2v) is 10.0. The highest BCUT2D eigenvalue weighted by Gasteiger charge is 2.62. The third kappa shape index (κ3) is 2.89. The quantitative estimate of drug-likeness (QED) is 0.446. The number of aromatic nitrogens is 1. The second-order valence-electron chi connectivity index (χ2n) is 10.0. The van der Waals surface area contributed by atoms with Crippen LogP contribution in [0.4, 0.5) is 10.1 Å². The molecule has 186 valence electrons. The van der Waals surface area contributed by atoms with E-state index in [0.29, 0.717) is 5.56 Å². The van der Waals surface area contributed by atoms with Crippen molar-refractivity contribution in [2.75, 3.05) is 24.5 Å². The molecule has 1 aromatic heterocycles. The first-order valence-electron chi connectivity index (χ1n) is 11.7. The van der Waals surface area contributed by atoms with Crippen LogP contribution >= 0.6 is 0 Å². The Morgan fingerprint density at radius 2 is 2.03 bits per heavy atom. The highest BCUT2D eigenvalue weighted by atomic mass is 19.1. The van der Waals surface area contributed by atoms with E-state index >= 15 is 4.39 Å². The Bertz CT molecular complexity index is 1390. The molecule has 4 atom stereocenters. The number of nitrogens with one attached hydrogen (secondary N) is 1. The van der Waals surface area contributed by atoms with Crippen molar-refractivity contribution in [3.63, 3.8) is 0 Å². The van der Waals surface area contributed by atoms with Gasteiger partial charge in [0.1, 0.15) is 5.41 Å². The molecule has 0 aliphatic carbocycles. The van der Waals surface area contributed by atoms with Gasteiger partial charge in [-0.25, -0.2) is 4.39 Å². The fourth-order valence-corrected chi connectivity index (χ4v) is 6.18. The van der Waals surface area contributed by atoms with E-state index in [9.17, 15) is 19.2 Å². The predicted octanol–water partition coefficient (Wildman–Crippen LogP) is 0.703. The van der Waals surface area contributed by atoms with Gasteiger partial charge >= 0.3 is 0 Å². The number of imide groups is 1. The average Bonchev–Trinajstić information content (AvgIpc) is 3.20. The summed E-state index contributed by atoms with van der Waals surface area (Å²) in [6.45, 7) is 4.22. The molecule has 6 rings (SSSR count). The van der Waals surface area contributed by atoms with Crippen molar-refractivity contribution in [3.05, 3.63) is 23.1 Å². The number of ether oxygens (including phenoxy) is 1. The lowest BCUT2D eigenvalue weighted by Gasteiger charge is -2.55. The molecule has 3 amide bonds. The minimum Gasteiger partial charge on any atom is -0.372 e. The van der Waals surface area contributed by atoms with Crippen molar-refractivity contribution >= 4 is 40.2 Å². The van der Waals surface area contributed by atoms with Crippen LogP contribution in [-0.4, -0.2) is 71.4 Å². The van der Waals surface area contributed by atoms with Gasteiger partial charge in [0, 0.05) is 19.6 Å². The van der Waals surface area contributed by atoms with Crippen LogP contribution in [0.2, 0.25) is 0 Å². The van der Waals surface area contributed by atoms with Crippen LogP contribution < -0.4 is 10.2 Å². The second kappa shape index (κ2) is 7.57. The van der Waals surface area contributed by atoms with Crippen LogP contribution in [0.15, 0.2) is 10.6 Å². The zero-order valence-electron chi connectivity index (χ0n) is 19.5. The number of ketones is 1. The molecule has 1 aromatic carbocycles. The number of carbonyl (C=O) groups excluding carboxylic acids is 4. The summed E-state index contributed by atoms with van der Waals surface area (Å²) in [5, 5.41) is 15.3. The number of nitrogens with zero attached hydrogens (tertiary/aromatic N) is 4. The summed E-state index contributed by atoms with van der Waals surface area (Å²) in [5.74, 6) is -3.46. The number of morpholine rings is 1. The molecule has 1 unspecified atom stereocenters. The molecule has 3 saturated heterocycles. The SMILES string of the molecule is C[C@@H]1CN2c3c(cc4c(C(=O)N5CC(C#N)C5)noc4c3F)CC3(C(=O)CC(=O)NC3=O)[C@H]2[C@H](C)O1. The summed E-state index contributed by atoms with van der Waals surface area (Å²) in [7, 11) is 0. The number of carbonyl (C=O) groups is 4. The number of hydrogen-bond donors (Lipinski definition) is 1. The van der Waals surface area contributed by atoms with Gasteiger partial charge in [0.2, 0.25) is 17.4 Å². The summed E-state index contributed by atoms with van der Waals surface area (Å²) in [6, 6.07) is 2.78. The number of rotatable bonds is 1. The molecule has 0 bridgehead atoms. The third-order valence-electron chi connectivity index (χ3n) is 7.73. The van der Waals surface area contributed by atoms with Gasteiger partial charge in [-0.2, -0.15) is 5.26 Å². The van der Waals surface area contributed by atoms with Crippen molar-refractivity contribution in [2.24, 2.45) is 11.3 Å². The molecule has 1 N–H and O–H groups in total. The Hall–Kier alpha value is -3.85. The molecule has 2 aromatic rings. The Kier molecular flexibility index (Phi) is 4.75. The van der Waals surface area contributed by atoms with Gasteiger partial charge in [-0.15, -0.1) is 0 Å². The molecule has 4 aliphatic heterocycles. The summed E-state index contributed by atoms with van der Waals surface area (Å²) in [5.41, 5.74) is -1.46. The monoisotopic (exact) mass is 495 g/mol. The van der Waals surface area contributed by atoms with E-state index in [1.807, 2.05) is 6.92 Å². The topological polar surface area (TPSA) is 146 Å². The van der Waals surface area contributed by atoms with Gasteiger partial charge in [0.25, 0.3) is 5.91 Å². The van der Waals surface area contributed by atoms with E-state index in [1.165, 1.54) is 4.90 Å². The van der Waals surface area contributed by atoms with Crippen molar-refractivity contribution in [3.8, 4) is 6.07 Å². The molecule has 11 nitrogen and oxygen atoms in total. The van der Waals surface area contributed by atoms with E-state index in [0.717, 1.165) is 0 Å². The van der Waals surface area contributed by atoms with Crippen LogP contribution in [0.25, 0.3) is 11.0 Å². The minimum absolute atomic E-state index is 0.0995. The molecule has 0 radical (unpaired) electrons. The maximum Gasteiger partial charge on any atom is 0.276 e. The standard InChI is InChI=1S/C24H22FN5O6/c1-10-7-30-19-13(5-24(21(30)11(2)35-10)15(31)4-16(32)27-23(24)34)3-14-18(28-36-20(14)17(19)25)22(33)29-8-12(6-26)9-29/h3,10-12,21H,4-5,7-9H2,1-2H3,(H,27,32,34)/t10-,11+,21-,24?/m1/s1. The number of amides is 3. The summed E-state index contributed by atoms with van der Waals surface area (Å²) in [6.07, 6.45) is -1.59. The first-order valence-corrected chi connectivity index (χ1v) is 11.7. The summed E-state index contributed by atoms with van der Waals surface area (Å²) in [4.78, 5) is 54.7. The zero-order valence-corrected chi connectivity index (χ0v) is 19.5. The normalized spacial score (nSPS) is 30.1. The minimum atomic E-state index is -1.67. The number of nitriles is 1. The molecule has 4 aliphatic rings.